The van der Waals surface area contributed by atoms with Crippen molar-refractivity contribution in [2.75, 3.05) is 13.1 Å². The predicted molar refractivity (Wildman–Crippen MR) is 54.1 cm³/mol. The van der Waals surface area contributed by atoms with Crippen LogP contribution in [0.1, 0.15) is 47.0 Å². The number of quaternary nitrogens is 1. The first-order chi connectivity index (χ1) is 5.67. The van der Waals surface area contributed by atoms with Gasteiger partial charge in [0.1, 0.15) is 0 Å². The monoisotopic (exact) mass is 170 g/mol. The van der Waals surface area contributed by atoms with E-state index >= 15 is 0 Å². The predicted octanol–water partition coefficient (Wildman–Crippen LogP) is 2.80. The molecule has 12 heavy (non-hydrogen) atoms. The Morgan fingerprint density at radius 1 is 1.00 bits per heavy atom. The minimum absolute atomic E-state index is 0.892. The molecule has 72 valence electrons. The number of hydrogen-bond donors (Lipinski definition) is 0. The summed E-state index contributed by atoms with van der Waals surface area (Å²) in [5, 5.41) is 0. The second-order valence-electron chi connectivity index (χ2n) is 4.36. The smallest absolute Gasteiger partial charge is 0.0863 e. The highest BCUT2D eigenvalue weighted by atomic mass is 15.4. The molecule has 1 heterocycles. The summed E-state index contributed by atoms with van der Waals surface area (Å²) in [5.41, 5.74) is 0. The Balaban J connectivity index is 2.77. The molecule has 0 spiro atoms. The van der Waals surface area contributed by atoms with Gasteiger partial charge in [0.2, 0.25) is 0 Å². The van der Waals surface area contributed by atoms with Crippen molar-refractivity contribution < 1.29 is 4.48 Å². The molecule has 1 saturated heterocycles. The van der Waals surface area contributed by atoms with Crippen molar-refractivity contribution >= 4 is 0 Å². The minimum Gasteiger partial charge on any atom is -0.320 e. The molecule has 1 aliphatic rings. The molecular formula is C11H24N+. The van der Waals surface area contributed by atoms with Crippen LogP contribution < -0.4 is 0 Å². The molecule has 1 nitrogen and oxygen atoms in total. The van der Waals surface area contributed by atoms with Gasteiger partial charge in [-0.15, -0.1) is 0 Å². The molecule has 1 heteroatoms. The third-order valence-electron chi connectivity index (χ3n) is 4.18. The summed E-state index contributed by atoms with van der Waals surface area (Å²) in [6.07, 6.45) is 4.32. The molecule has 0 bridgehead atoms. The number of piperidine rings is 1. The van der Waals surface area contributed by atoms with Gasteiger partial charge in [-0.2, -0.15) is 0 Å². The van der Waals surface area contributed by atoms with Crippen molar-refractivity contribution in [1.82, 2.24) is 0 Å². The average Bonchev–Trinajstić information content (AvgIpc) is 2.06. The summed E-state index contributed by atoms with van der Waals surface area (Å²) in [6, 6.07) is 1.78. The van der Waals surface area contributed by atoms with Crippen LogP contribution >= 0.6 is 0 Å². The summed E-state index contributed by atoms with van der Waals surface area (Å²) in [4.78, 5) is 0. The quantitative estimate of drug-likeness (QED) is 0.559. The van der Waals surface area contributed by atoms with Gasteiger partial charge in [-0.25, -0.2) is 0 Å². The normalized spacial score (nSPS) is 35.0. The average molecular weight is 170 g/mol. The van der Waals surface area contributed by atoms with Gasteiger partial charge in [-0.05, 0) is 47.0 Å². The number of hydrogen-bond acceptors (Lipinski definition) is 0. The first-order valence-corrected chi connectivity index (χ1v) is 5.53. The molecule has 0 radical (unpaired) electrons. The number of rotatable bonds is 2. The van der Waals surface area contributed by atoms with Gasteiger partial charge in [-0.3, -0.25) is 0 Å². The molecule has 0 aliphatic carbocycles. The largest absolute Gasteiger partial charge is 0.320 e. The van der Waals surface area contributed by atoms with Crippen LogP contribution in [0.4, 0.5) is 0 Å². The second kappa shape index (κ2) is 3.78. The highest BCUT2D eigenvalue weighted by Gasteiger charge is 2.38. The van der Waals surface area contributed by atoms with Crippen LogP contribution in [0.5, 0.6) is 0 Å². The SMILES string of the molecule is CC[N+]1(CC)C(C)CCCC1C. The maximum absolute atomic E-state index is 2.43. The van der Waals surface area contributed by atoms with Crippen LogP contribution in [0.2, 0.25) is 0 Å². The van der Waals surface area contributed by atoms with Gasteiger partial charge in [0.05, 0.1) is 25.2 Å². The van der Waals surface area contributed by atoms with E-state index in [-0.39, 0.29) is 0 Å². The third-order valence-corrected chi connectivity index (χ3v) is 4.18. The van der Waals surface area contributed by atoms with Crippen molar-refractivity contribution in [3.8, 4) is 0 Å². The molecular weight excluding hydrogens is 146 g/mol. The van der Waals surface area contributed by atoms with E-state index in [0.29, 0.717) is 0 Å². The van der Waals surface area contributed by atoms with Crippen molar-refractivity contribution in [1.29, 1.82) is 0 Å². The van der Waals surface area contributed by atoms with E-state index in [0.717, 1.165) is 12.1 Å². The lowest BCUT2D eigenvalue weighted by Crippen LogP contribution is -2.61. The van der Waals surface area contributed by atoms with Crippen LogP contribution in [0.25, 0.3) is 0 Å². The Kier molecular flexibility index (Phi) is 3.16. The summed E-state index contributed by atoms with van der Waals surface area (Å²) in [6.45, 7) is 12.2. The Morgan fingerprint density at radius 2 is 1.42 bits per heavy atom. The van der Waals surface area contributed by atoms with Crippen molar-refractivity contribution in [2.24, 2.45) is 0 Å². The van der Waals surface area contributed by atoms with Crippen molar-refractivity contribution in [2.45, 2.75) is 59.0 Å². The molecule has 1 fully saturated rings. The fourth-order valence-electron chi connectivity index (χ4n) is 3.13. The van der Waals surface area contributed by atoms with Crippen LogP contribution in [0.3, 0.4) is 0 Å². The van der Waals surface area contributed by atoms with Gasteiger partial charge < -0.3 is 4.48 Å². The molecule has 0 aromatic rings. The van der Waals surface area contributed by atoms with Crippen LogP contribution in [-0.2, 0) is 0 Å². The topological polar surface area (TPSA) is 0 Å². The summed E-state index contributed by atoms with van der Waals surface area (Å²) < 4.78 is 1.36. The number of likely N-dealkylation sites (tertiary alicyclic amines) is 1. The molecule has 0 aromatic carbocycles. The van der Waals surface area contributed by atoms with Gasteiger partial charge >= 0.3 is 0 Å². The fraction of sp³-hybridized carbons (Fsp3) is 1.00. The molecule has 2 unspecified atom stereocenters. The molecule has 1 rings (SSSR count). The van der Waals surface area contributed by atoms with E-state index < -0.39 is 0 Å². The molecule has 0 aromatic heterocycles. The Bertz CT molecular complexity index is 126. The summed E-state index contributed by atoms with van der Waals surface area (Å²) in [5.74, 6) is 0. The first-order valence-electron chi connectivity index (χ1n) is 5.53. The van der Waals surface area contributed by atoms with Crippen LogP contribution in [0.15, 0.2) is 0 Å². The molecule has 0 saturated carbocycles. The van der Waals surface area contributed by atoms with E-state index in [4.69, 9.17) is 0 Å². The van der Waals surface area contributed by atoms with Crippen LogP contribution in [-0.4, -0.2) is 29.7 Å². The second-order valence-corrected chi connectivity index (χ2v) is 4.36. The highest BCUT2D eigenvalue weighted by molar-refractivity contribution is 4.67. The van der Waals surface area contributed by atoms with Crippen LogP contribution in [0, 0.1) is 0 Å². The zero-order chi connectivity index (χ0) is 9.19. The first kappa shape index (κ1) is 10.0. The summed E-state index contributed by atoms with van der Waals surface area (Å²) >= 11 is 0. The van der Waals surface area contributed by atoms with E-state index in [9.17, 15) is 0 Å². The summed E-state index contributed by atoms with van der Waals surface area (Å²) in [7, 11) is 0. The molecule has 0 N–H and O–H groups in total. The standard InChI is InChI=1S/C11H24N/c1-5-12(6-2)10(3)8-7-9-11(12)4/h10-11H,5-9H2,1-4H3/q+1. The zero-order valence-corrected chi connectivity index (χ0v) is 9.14. The Hall–Kier alpha value is -0.0400. The van der Waals surface area contributed by atoms with E-state index in [1.54, 1.807) is 0 Å². The van der Waals surface area contributed by atoms with Gasteiger partial charge in [0, 0.05) is 0 Å². The van der Waals surface area contributed by atoms with Crippen molar-refractivity contribution in [3.05, 3.63) is 0 Å². The zero-order valence-electron chi connectivity index (χ0n) is 9.14. The highest BCUT2D eigenvalue weighted by Crippen LogP contribution is 2.30. The van der Waals surface area contributed by atoms with Crippen molar-refractivity contribution in [3.63, 3.8) is 0 Å². The van der Waals surface area contributed by atoms with Gasteiger partial charge in [0.15, 0.2) is 0 Å². The number of nitrogens with zero attached hydrogens (tertiary/aromatic N) is 1. The molecule has 2 atom stereocenters. The lowest BCUT2D eigenvalue weighted by atomic mass is 9.93. The Morgan fingerprint density at radius 3 is 1.67 bits per heavy atom. The molecule has 0 amide bonds. The van der Waals surface area contributed by atoms with E-state index in [1.807, 2.05) is 0 Å². The lowest BCUT2D eigenvalue weighted by molar-refractivity contribution is -0.972. The maximum Gasteiger partial charge on any atom is 0.0863 e. The molecule has 1 aliphatic heterocycles. The van der Waals surface area contributed by atoms with E-state index in [1.165, 1.54) is 36.8 Å². The lowest BCUT2D eigenvalue weighted by Gasteiger charge is -2.50. The van der Waals surface area contributed by atoms with Gasteiger partial charge in [0.25, 0.3) is 0 Å². The minimum atomic E-state index is 0.892. The maximum atomic E-state index is 2.43. The van der Waals surface area contributed by atoms with E-state index in [2.05, 4.69) is 27.7 Å². The third kappa shape index (κ3) is 1.39. The fourth-order valence-corrected chi connectivity index (χ4v) is 3.13. The van der Waals surface area contributed by atoms with Gasteiger partial charge in [-0.1, -0.05) is 0 Å². The Labute approximate surface area is 77.4 Å².